The Hall–Kier alpha value is -0.880. The highest BCUT2D eigenvalue weighted by Gasteiger charge is 2.00. The van der Waals surface area contributed by atoms with E-state index in [2.05, 4.69) is 27.7 Å². The molecule has 0 aliphatic heterocycles. The largest absolute Gasteiger partial charge is 0.466 e. The lowest BCUT2D eigenvalue weighted by Gasteiger charge is -2.05. The van der Waals surface area contributed by atoms with Crippen LogP contribution in [0, 0.1) is 0 Å². The van der Waals surface area contributed by atoms with E-state index in [1.165, 1.54) is 0 Å². The second-order valence-corrected chi connectivity index (χ2v) is 2.36. The number of hydrazine groups is 1. The van der Waals surface area contributed by atoms with Crippen molar-refractivity contribution in [2.45, 2.75) is 13.3 Å². The predicted octanol–water partition coefficient (Wildman–Crippen LogP) is -0.723. The molecule has 12 heavy (non-hydrogen) atoms. The monoisotopic (exact) mass is 191 g/mol. The molecule has 0 aromatic rings. The van der Waals surface area contributed by atoms with Gasteiger partial charge in [-0.1, -0.05) is 0 Å². The first-order valence-electron chi connectivity index (χ1n) is 3.60. The average molecular weight is 191 g/mol. The fraction of sp³-hybridized carbons (Fsp3) is 0.667. The molecular formula is C6H13N3O2S. The summed E-state index contributed by atoms with van der Waals surface area (Å²) in [4.78, 5) is 10.8. The summed E-state index contributed by atoms with van der Waals surface area (Å²) in [7, 11) is 0. The van der Waals surface area contributed by atoms with Gasteiger partial charge in [-0.3, -0.25) is 4.79 Å². The summed E-state index contributed by atoms with van der Waals surface area (Å²) in [6.07, 6.45) is 0.287. The highest BCUT2D eigenvalue weighted by Crippen LogP contribution is 1.83. The second-order valence-electron chi connectivity index (χ2n) is 1.96. The first-order valence-corrected chi connectivity index (χ1v) is 4.01. The molecule has 70 valence electrons. The van der Waals surface area contributed by atoms with Gasteiger partial charge in [0, 0.05) is 6.54 Å². The Labute approximate surface area is 76.6 Å². The summed E-state index contributed by atoms with van der Waals surface area (Å²) < 4.78 is 4.68. The van der Waals surface area contributed by atoms with Gasteiger partial charge in [0.15, 0.2) is 5.11 Å². The average Bonchev–Trinajstić information content (AvgIpc) is 2.04. The van der Waals surface area contributed by atoms with Crippen molar-refractivity contribution in [1.82, 2.24) is 10.7 Å². The number of esters is 1. The smallest absolute Gasteiger partial charge is 0.307 e. The van der Waals surface area contributed by atoms with Crippen LogP contribution in [-0.4, -0.2) is 24.2 Å². The van der Waals surface area contributed by atoms with E-state index in [0.717, 1.165) is 0 Å². The summed E-state index contributed by atoms with van der Waals surface area (Å²) in [5, 5.41) is 3.03. The van der Waals surface area contributed by atoms with E-state index in [4.69, 9.17) is 5.84 Å². The van der Waals surface area contributed by atoms with Gasteiger partial charge in [0.1, 0.15) is 0 Å². The Kier molecular flexibility index (Phi) is 6.31. The number of carbonyl (C=O) groups excluding carboxylic acids is 1. The number of thiocarbonyl (C=S) groups is 1. The van der Waals surface area contributed by atoms with Gasteiger partial charge >= 0.3 is 5.97 Å². The van der Waals surface area contributed by atoms with Gasteiger partial charge in [0.05, 0.1) is 13.0 Å². The summed E-state index contributed by atoms with van der Waals surface area (Å²) in [6.45, 7) is 2.59. The van der Waals surface area contributed by atoms with Gasteiger partial charge in [0.25, 0.3) is 0 Å². The SMILES string of the molecule is CCOC(=O)CCNC(=S)NN. The number of ether oxygens (including phenoxy) is 1. The van der Waals surface area contributed by atoms with Crippen molar-refractivity contribution >= 4 is 23.3 Å². The van der Waals surface area contributed by atoms with Crippen molar-refractivity contribution in [3.05, 3.63) is 0 Å². The maximum absolute atomic E-state index is 10.8. The Morgan fingerprint density at radius 2 is 2.33 bits per heavy atom. The van der Waals surface area contributed by atoms with E-state index in [0.29, 0.717) is 18.3 Å². The Balaban J connectivity index is 3.30. The van der Waals surface area contributed by atoms with Gasteiger partial charge in [-0.15, -0.1) is 0 Å². The van der Waals surface area contributed by atoms with Gasteiger partial charge < -0.3 is 15.5 Å². The molecule has 0 saturated carbocycles. The van der Waals surface area contributed by atoms with Crippen molar-refractivity contribution in [3.63, 3.8) is 0 Å². The second kappa shape index (κ2) is 6.81. The molecule has 0 rings (SSSR count). The lowest BCUT2D eigenvalue weighted by atomic mass is 10.4. The van der Waals surface area contributed by atoms with E-state index >= 15 is 0 Å². The third-order valence-corrected chi connectivity index (χ3v) is 1.31. The molecule has 0 saturated heterocycles. The van der Waals surface area contributed by atoms with Crippen LogP contribution in [0.4, 0.5) is 0 Å². The zero-order chi connectivity index (χ0) is 9.40. The van der Waals surface area contributed by atoms with Gasteiger partial charge in [0.2, 0.25) is 0 Å². The summed E-state index contributed by atoms with van der Waals surface area (Å²) >= 11 is 4.67. The summed E-state index contributed by atoms with van der Waals surface area (Å²) in [6, 6.07) is 0. The van der Waals surface area contributed by atoms with E-state index in [-0.39, 0.29) is 12.4 Å². The minimum absolute atomic E-state index is 0.246. The molecular weight excluding hydrogens is 178 g/mol. The van der Waals surface area contributed by atoms with Gasteiger partial charge in [-0.05, 0) is 19.1 Å². The fourth-order valence-electron chi connectivity index (χ4n) is 0.562. The molecule has 0 bridgehead atoms. The molecule has 0 aromatic carbocycles. The number of hydrogen-bond donors (Lipinski definition) is 3. The van der Waals surface area contributed by atoms with E-state index in [9.17, 15) is 4.79 Å². The van der Waals surface area contributed by atoms with Crippen molar-refractivity contribution in [2.24, 2.45) is 5.84 Å². The van der Waals surface area contributed by atoms with E-state index < -0.39 is 0 Å². The van der Waals surface area contributed by atoms with Crippen LogP contribution in [0.15, 0.2) is 0 Å². The molecule has 0 atom stereocenters. The van der Waals surface area contributed by atoms with Crippen LogP contribution in [0.3, 0.4) is 0 Å². The first-order chi connectivity index (χ1) is 5.70. The van der Waals surface area contributed by atoms with Crippen molar-refractivity contribution in [2.75, 3.05) is 13.2 Å². The van der Waals surface area contributed by atoms with E-state index in [1.807, 2.05) is 0 Å². The number of nitrogens with two attached hydrogens (primary N) is 1. The first kappa shape index (κ1) is 11.1. The molecule has 0 unspecified atom stereocenters. The maximum atomic E-state index is 10.8. The topological polar surface area (TPSA) is 76.4 Å². The maximum Gasteiger partial charge on any atom is 0.307 e. The van der Waals surface area contributed by atoms with Crippen LogP contribution in [0.2, 0.25) is 0 Å². The van der Waals surface area contributed by atoms with Crippen molar-refractivity contribution in [1.29, 1.82) is 0 Å². The number of carbonyl (C=O) groups is 1. The molecule has 0 spiro atoms. The molecule has 0 fully saturated rings. The Morgan fingerprint density at radius 3 is 2.83 bits per heavy atom. The van der Waals surface area contributed by atoms with Crippen LogP contribution in [0.25, 0.3) is 0 Å². The Bertz CT molecular complexity index is 163. The quantitative estimate of drug-likeness (QED) is 0.235. The van der Waals surface area contributed by atoms with Crippen LogP contribution < -0.4 is 16.6 Å². The zero-order valence-corrected chi connectivity index (χ0v) is 7.74. The summed E-state index contributed by atoms with van der Waals surface area (Å²) in [5.41, 5.74) is 2.24. The molecule has 0 aliphatic carbocycles. The van der Waals surface area contributed by atoms with Crippen LogP contribution >= 0.6 is 12.2 Å². The standard InChI is InChI=1S/C6H13N3O2S/c1-2-11-5(10)3-4-8-6(12)9-7/h2-4,7H2,1H3,(H2,8,9,12). The van der Waals surface area contributed by atoms with Crippen LogP contribution in [0.1, 0.15) is 13.3 Å². The molecule has 6 heteroatoms. The molecule has 0 radical (unpaired) electrons. The van der Waals surface area contributed by atoms with Gasteiger partial charge in [-0.2, -0.15) is 0 Å². The molecule has 0 heterocycles. The third-order valence-electron chi connectivity index (χ3n) is 1.05. The van der Waals surface area contributed by atoms with Crippen molar-refractivity contribution < 1.29 is 9.53 Å². The highest BCUT2D eigenvalue weighted by molar-refractivity contribution is 7.80. The lowest BCUT2D eigenvalue weighted by molar-refractivity contribution is -0.142. The molecule has 0 aliphatic rings. The minimum Gasteiger partial charge on any atom is -0.466 e. The number of hydrogen-bond acceptors (Lipinski definition) is 4. The Morgan fingerprint density at radius 1 is 1.67 bits per heavy atom. The molecule has 4 N–H and O–H groups in total. The predicted molar refractivity (Wildman–Crippen MR) is 49.2 cm³/mol. The minimum atomic E-state index is -0.246. The van der Waals surface area contributed by atoms with E-state index in [1.54, 1.807) is 6.92 Å². The van der Waals surface area contributed by atoms with Crippen LogP contribution in [0.5, 0.6) is 0 Å². The zero-order valence-electron chi connectivity index (χ0n) is 6.92. The lowest BCUT2D eigenvalue weighted by Crippen LogP contribution is -2.40. The van der Waals surface area contributed by atoms with Crippen LogP contribution in [-0.2, 0) is 9.53 Å². The number of rotatable bonds is 4. The normalized spacial score (nSPS) is 8.83. The van der Waals surface area contributed by atoms with Gasteiger partial charge in [-0.25, -0.2) is 5.84 Å². The highest BCUT2D eigenvalue weighted by atomic mass is 32.1. The fourth-order valence-corrected chi connectivity index (χ4v) is 0.664. The van der Waals surface area contributed by atoms with Crippen molar-refractivity contribution in [3.8, 4) is 0 Å². The molecule has 0 aromatic heterocycles. The molecule has 0 amide bonds. The number of nitrogens with one attached hydrogen (secondary N) is 2. The summed E-state index contributed by atoms with van der Waals surface area (Å²) in [5.74, 6) is 4.73. The molecule has 5 nitrogen and oxygen atoms in total. The third kappa shape index (κ3) is 5.87.